The lowest BCUT2D eigenvalue weighted by Crippen LogP contribution is -2.40. The van der Waals surface area contributed by atoms with Gasteiger partial charge >= 0.3 is 12.3 Å². The standard InChI is InChI=1S/C29H33F3N4O4/c1-17(28(37)38)27(20-3-4-20)21-5-2-18-6-8-24(39-26(18)15-21)19-10-12-36(13-11-19)16-22-14-23(34-35-33)7-9-25(22)40-29(30,31)32/h2,5,7,9,14-15,17,19-20,24,27H,3-4,6,8,10-13,16H2,1H3,(H,37,38)/t17?,24-,27?/m0/s1. The van der Waals surface area contributed by atoms with E-state index in [-0.39, 0.29) is 30.0 Å². The Kier molecular flexibility index (Phi) is 8.14. The van der Waals surface area contributed by atoms with Crippen LogP contribution in [-0.2, 0) is 17.8 Å². The summed E-state index contributed by atoms with van der Waals surface area (Å²) in [5.74, 6) is 0.0246. The van der Waals surface area contributed by atoms with Crippen LogP contribution in [0.4, 0.5) is 18.9 Å². The molecular formula is C29H33F3N4O4. The van der Waals surface area contributed by atoms with Crippen LogP contribution in [0.3, 0.4) is 0 Å². The Labute approximate surface area is 230 Å². The Morgan fingerprint density at radius 3 is 2.58 bits per heavy atom. The number of piperidine rings is 1. The van der Waals surface area contributed by atoms with E-state index in [1.165, 1.54) is 18.2 Å². The highest BCUT2D eigenvalue weighted by Crippen LogP contribution is 2.48. The summed E-state index contributed by atoms with van der Waals surface area (Å²) in [4.78, 5) is 16.6. The predicted molar refractivity (Wildman–Crippen MR) is 141 cm³/mol. The molecule has 40 heavy (non-hydrogen) atoms. The van der Waals surface area contributed by atoms with Crippen molar-refractivity contribution in [1.29, 1.82) is 0 Å². The topological polar surface area (TPSA) is 108 Å². The number of likely N-dealkylation sites (tertiary alicyclic amines) is 1. The van der Waals surface area contributed by atoms with Gasteiger partial charge in [0.05, 0.1) is 5.92 Å². The molecule has 1 saturated carbocycles. The molecule has 2 unspecified atom stereocenters. The van der Waals surface area contributed by atoms with Crippen LogP contribution in [0.5, 0.6) is 11.5 Å². The summed E-state index contributed by atoms with van der Waals surface area (Å²) in [7, 11) is 0. The van der Waals surface area contributed by atoms with Gasteiger partial charge in [0.15, 0.2) is 0 Å². The minimum atomic E-state index is -4.82. The Morgan fingerprint density at radius 1 is 1.18 bits per heavy atom. The van der Waals surface area contributed by atoms with Gasteiger partial charge in [-0.05, 0) is 110 Å². The number of fused-ring (bicyclic) bond motifs is 1. The number of azide groups is 1. The Morgan fingerprint density at radius 2 is 1.93 bits per heavy atom. The molecule has 214 valence electrons. The third kappa shape index (κ3) is 6.64. The Hall–Kier alpha value is -3.43. The highest BCUT2D eigenvalue weighted by molar-refractivity contribution is 5.71. The van der Waals surface area contributed by atoms with Crippen molar-refractivity contribution in [2.75, 3.05) is 13.1 Å². The minimum absolute atomic E-state index is 0.0152. The monoisotopic (exact) mass is 558 g/mol. The van der Waals surface area contributed by atoms with Crippen molar-refractivity contribution < 1.29 is 32.5 Å². The van der Waals surface area contributed by atoms with Crippen molar-refractivity contribution >= 4 is 11.7 Å². The number of carboxylic acids is 1. The van der Waals surface area contributed by atoms with Gasteiger partial charge in [-0.25, -0.2) is 0 Å². The number of aryl methyl sites for hydroxylation is 1. The largest absolute Gasteiger partial charge is 0.573 e. The van der Waals surface area contributed by atoms with Gasteiger partial charge in [-0.15, -0.1) is 13.2 Å². The smallest absolute Gasteiger partial charge is 0.490 e. The van der Waals surface area contributed by atoms with E-state index < -0.39 is 18.2 Å². The van der Waals surface area contributed by atoms with Crippen molar-refractivity contribution in [3.8, 4) is 11.5 Å². The van der Waals surface area contributed by atoms with E-state index in [9.17, 15) is 23.1 Å². The van der Waals surface area contributed by atoms with Gasteiger partial charge < -0.3 is 14.6 Å². The van der Waals surface area contributed by atoms with E-state index in [2.05, 4.69) is 37.9 Å². The quantitative estimate of drug-likeness (QED) is 0.197. The molecule has 0 radical (unpaired) electrons. The maximum absolute atomic E-state index is 12.9. The number of rotatable bonds is 9. The molecule has 0 amide bonds. The van der Waals surface area contributed by atoms with Crippen LogP contribution >= 0.6 is 0 Å². The SMILES string of the molecule is CC(C(=O)O)C(c1ccc2c(c1)O[C@H](C1CCN(Cc3cc(N=[N+]=[N-])ccc3OC(F)(F)F)CC1)CC2)C1CC1. The molecule has 11 heteroatoms. The van der Waals surface area contributed by atoms with Crippen molar-refractivity contribution in [1.82, 2.24) is 4.90 Å². The third-order valence-electron chi connectivity index (χ3n) is 8.49. The molecule has 5 rings (SSSR count). The molecule has 0 bridgehead atoms. The Balaban J connectivity index is 1.23. The molecule has 0 spiro atoms. The molecule has 1 N–H and O–H groups in total. The number of benzene rings is 2. The zero-order valence-corrected chi connectivity index (χ0v) is 22.3. The van der Waals surface area contributed by atoms with Crippen LogP contribution in [0.25, 0.3) is 10.4 Å². The highest BCUT2D eigenvalue weighted by atomic mass is 19.4. The van der Waals surface area contributed by atoms with Gasteiger partial charge in [0.2, 0.25) is 0 Å². The maximum Gasteiger partial charge on any atom is 0.573 e. The van der Waals surface area contributed by atoms with E-state index in [0.29, 0.717) is 30.5 Å². The number of nitrogens with zero attached hydrogens (tertiary/aromatic N) is 4. The highest BCUT2D eigenvalue weighted by Gasteiger charge is 2.39. The minimum Gasteiger partial charge on any atom is -0.490 e. The fourth-order valence-corrected chi connectivity index (χ4v) is 6.28. The average molecular weight is 559 g/mol. The van der Waals surface area contributed by atoms with Gasteiger partial charge in [0.1, 0.15) is 17.6 Å². The zero-order valence-electron chi connectivity index (χ0n) is 22.3. The number of aliphatic carboxylic acids is 1. The molecule has 1 saturated heterocycles. The maximum atomic E-state index is 12.9. The van der Waals surface area contributed by atoms with Gasteiger partial charge in [-0.2, -0.15) is 0 Å². The van der Waals surface area contributed by atoms with E-state index >= 15 is 0 Å². The summed E-state index contributed by atoms with van der Waals surface area (Å²) in [5.41, 5.74) is 11.4. The van der Waals surface area contributed by atoms with Crippen LogP contribution in [-0.4, -0.2) is 41.5 Å². The molecule has 3 aliphatic rings. The lowest BCUT2D eigenvalue weighted by Gasteiger charge is -2.38. The molecule has 2 aromatic rings. The molecular weight excluding hydrogens is 525 g/mol. The summed E-state index contributed by atoms with van der Waals surface area (Å²) in [6.45, 7) is 3.41. The molecule has 2 aromatic carbocycles. The number of alkyl halides is 3. The first kappa shape index (κ1) is 28.1. The number of carbonyl (C=O) groups is 1. The van der Waals surface area contributed by atoms with E-state index in [1.807, 2.05) is 0 Å². The van der Waals surface area contributed by atoms with Gasteiger partial charge in [0.25, 0.3) is 0 Å². The van der Waals surface area contributed by atoms with Crippen LogP contribution in [0.1, 0.15) is 61.6 Å². The first-order chi connectivity index (χ1) is 19.1. The molecule has 2 aliphatic heterocycles. The van der Waals surface area contributed by atoms with Gasteiger partial charge in [0, 0.05) is 22.7 Å². The molecule has 2 fully saturated rings. The first-order valence-electron chi connectivity index (χ1n) is 13.8. The second-order valence-electron chi connectivity index (χ2n) is 11.2. The first-order valence-corrected chi connectivity index (χ1v) is 13.8. The fourth-order valence-electron chi connectivity index (χ4n) is 6.28. The van der Waals surface area contributed by atoms with Crippen LogP contribution < -0.4 is 9.47 Å². The summed E-state index contributed by atoms with van der Waals surface area (Å²) in [6.07, 6.45) is 0.805. The predicted octanol–water partition coefficient (Wildman–Crippen LogP) is 7.35. The lowest BCUT2D eigenvalue weighted by atomic mass is 9.81. The summed E-state index contributed by atoms with van der Waals surface area (Å²) < 4.78 is 49.6. The average Bonchev–Trinajstić information content (AvgIpc) is 3.75. The van der Waals surface area contributed by atoms with Gasteiger partial charge in [-0.1, -0.05) is 24.2 Å². The van der Waals surface area contributed by atoms with E-state index in [4.69, 9.17) is 10.3 Å². The number of hydrogen-bond acceptors (Lipinski definition) is 5. The summed E-state index contributed by atoms with van der Waals surface area (Å²) in [5, 5.41) is 13.2. The zero-order chi connectivity index (χ0) is 28.4. The lowest BCUT2D eigenvalue weighted by molar-refractivity contribution is -0.275. The number of halogens is 3. The van der Waals surface area contributed by atoms with Crippen molar-refractivity contribution in [2.45, 2.75) is 70.4 Å². The second kappa shape index (κ2) is 11.6. The normalized spacial score (nSPS) is 21.4. The molecule has 1 aliphatic carbocycles. The third-order valence-corrected chi connectivity index (χ3v) is 8.49. The molecule has 2 heterocycles. The fraction of sp³-hybridized carbons (Fsp3) is 0.552. The van der Waals surface area contributed by atoms with Crippen LogP contribution in [0.2, 0.25) is 0 Å². The van der Waals surface area contributed by atoms with E-state index in [1.54, 1.807) is 6.92 Å². The van der Waals surface area contributed by atoms with Crippen molar-refractivity contribution in [2.24, 2.45) is 22.9 Å². The van der Waals surface area contributed by atoms with E-state index in [0.717, 1.165) is 55.4 Å². The summed E-state index contributed by atoms with van der Waals surface area (Å²) >= 11 is 0. The molecule has 0 aromatic heterocycles. The Bertz CT molecular complexity index is 1280. The van der Waals surface area contributed by atoms with Crippen molar-refractivity contribution in [3.05, 3.63) is 63.5 Å². The van der Waals surface area contributed by atoms with Crippen LogP contribution in [0, 0.1) is 17.8 Å². The van der Waals surface area contributed by atoms with Crippen LogP contribution in [0.15, 0.2) is 41.5 Å². The number of carboxylic acid groups (broad SMARTS) is 1. The summed E-state index contributed by atoms with van der Waals surface area (Å²) in [6, 6.07) is 10.1. The van der Waals surface area contributed by atoms with Crippen molar-refractivity contribution in [3.63, 3.8) is 0 Å². The molecule has 8 nitrogen and oxygen atoms in total. The number of hydrogen-bond donors (Lipinski definition) is 1. The second-order valence-corrected chi connectivity index (χ2v) is 11.2. The number of ether oxygens (including phenoxy) is 2. The molecule has 3 atom stereocenters. The van der Waals surface area contributed by atoms with Gasteiger partial charge in [-0.3, -0.25) is 9.69 Å².